The molecule has 0 spiro atoms. The summed E-state index contributed by atoms with van der Waals surface area (Å²) in [6, 6.07) is 0. The number of nitrogen functional groups attached to an aromatic ring is 1. The number of allylic oxidation sites excluding steroid dienone is 1. The minimum absolute atomic E-state index is 0.0418. The number of anilines is 1. The first-order valence-corrected chi connectivity index (χ1v) is 8.56. The van der Waals surface area contributed by atoms with Crippen molar-refractivity contribution in [2.24, 2.45) is 0 Å². The van der Waals surface area contributed by atoms with Crippen LogP contribution in [0.3, 0.4) is 0 Å². The van der Waals surface area contributed by atoms with E-state index in [1.54, 1.807) is 0 Å². The number of thioether (sulfide) groups is 1. The molecule has 0 bridgehead atoms. The van der Waals surface area contributed by atoms with Gasteiger partial charge in [0, 0.05) is 6.54 Å². The second-order valence-corrected chi connectivity index (χ2v) is 7.41. The highest BCUT2D eigenvalue weighted by Gasteiger charge is 2.16. The predicted octanol–water partition coefficient (Wildman–Crippen LogP) is 2.61. The van der Waals surface area contributed by atoms with Gasteiger partial charge in [-0.2, -0.15) is 0 Å². The topological polar surface area (TPSA) is 80.9 Å². The summed E-state index contributed by atoms with van der Waals surface area (Å²) in [6.45, 7) is 2.59. The van der Waals surface area contributed by atoms with Gasteiger partial charge < -0.3 is 11.1 Å². The van der Waals surface area contributed by atoms with Gasteiger partial charge in [0.25, 0.3) is 0 Å². The third kappa shape index (κ3) is 4.79. The van der Waals surface area contributed by atoms with Gasteiger partial charge in [0.2, 0.25) is 11.0 Å². The van der Waals surface area contributed by atoms with E-state index in [0.29, 0.717) is 11.7 Å². The van der Waals surface area contributed by atoms with E-state index in [-0.39, 0.29) is 11.2 Å². The number of aromatic nitrogens is 2. The van der Waals surface area contributed by atoms with E-state index in [0.717, 1.165) is 10.8 Å². The molecule has 1 aliphatic carbocycles. The van der Waals surface area contributed by atoms with Gasteiger partial charge in [-0.05, 0) is 39.0 Å². The van der Waals surface area contributed by atoms with Crippen LogP contribution in [0, 0.1) is 0 Å². The number of nitrogens with one attached hydrogen (secondary N) is 1. The maximum atomic E-state index is 12.0. The lowest BCUT2D eigenvalue weighted by atomic mass is 9.97. The van der Waals surface area contributed by atoms with E-state index in [9.17, 15) is 4.79 Å². The summed E-state index contributed by atoms with van der Waals surface area (Å²) < 4.78 is 0.736. The van der Waals surface area contributed by atoms with Crippen LogP contribution >= 0.6 is 23.1 Å². The van der Waals surface area contributed by atoms with Gasteiger partial charge in [0.1, 0.15) is 0 Å². The first kappa shape index (κ1) is 15.3. The Morgan fingerprint density at radius 1 is 1.55 bits per heavy atom. The molecule has 0 saturated carbocycles. The summed E-state index contributed by atoms with van der Waals surface area (Å²) in [5, 5.41) is 10.9. The molecule has 0 aromatic carbocycles. The molecule has 1 aromatic rings. The average Bonchev–Trinajstić information content (AvgIpc) is 2.85. The quantitative estimate of drug-likeness (QED) is 0.623. The summed E-state index contributed by atoms with van der Waals surface area (Å²) in [7, 11) is 0. The normalized spacial score (nSPS) is 16.6. The molecule has 0 saturated heterocycles. The lowest BCUT2D eigenvalue weighted by Gasteiger charge is -2.14. The second-order valence-electron chi connectivity index (χ2n) is 4.82. The molecule has 1 heterocycles. The molecule has 2 rings (SSSR count). The molecule has 0 radical (unpaired) electrons. The fourth-order valence-corrected chi connectivity index (χ4v) is 3.90. The lowest BCUT2D eigenvalue weighted by molar-refractivity contribution is -0.120. The van der Waals surface area contributed by atoms with Gasteiger partial charge in [-0.15, -0.1) is 10.2 Å². The van der Waals surface area contributed by atoms with Gasteiger partial charge in [-0.3, -0.25) is 4.79 Å². The Kier molecular flexibility index (Phi) is 5.85. The SMILES string of the molecule is C[C@@H](Sc1nnc(N)s1)C(=O)NCCC1=CCCCC1. The number of rotatable bonds is 6. The van der Waals surface area contributed by atoms with Crippen molar-refractivity contribution in [3.63, 3.8) is 0 Å². The van der Waals surface area contributed by atoms with E-state index in [4.69, 9.17) is 5.73 Å². The van der Waals surface area contributed by atoms with Crippen LogP contribution in [0.15, 0.2) is 16.0 Å². The molecule has 1 aliphatic rings. The zero-order valence-electron chi connectivity index (χ0n) is 11.6. The molecule has 0 unspecified atom stereocenters. The Morgan fingerprint density at radius 2 is 2.40 bits per heavy atom. The maximum absolute atomic E-state index is 12.0. The smallest absolute Gasteiger partial charge is 0.233 e. The summed E-state index contributed by atoms with van der Waals surface area (Å²) in [5.41, 5.74) is 7.00. The second kappa shape index (κ2) is 7.64. The van der Waals surface area contributed by atoms with Crippen LogP contribution in [0.5, 0.6) is 0 Å². The fraction of sp³-hybridized carbons (Fsp3) is 0.615. The van der Waals surface area contributed by atoms with E-state index < -0.39 is 0 Å². The number of carbonyl (C=O) groups excluding carboxylic acids is 1. The number of amides is 1. The minimum atomic E-state index is -0.178. The van der Waals surface area contributed by atoms with Gasteiger partial charge >= 0.3 is 0 Å². The van der Waals surface area contributed by atoms with Crippen molar-refractivity contribution in [3.8, 4) is 0 Å². The zero-order chi connectivity index (χ0) is 14.4. The molecule has 20 heavy (non-hydrogen) atoms. The lowest BCUT2D eigenvalue weighted by Crippen LogP contribution is -2.31. The van der Waals surface area contributed by atoms with Crippen molar-refractivity contribution in [3.05, 3.63) is 11.6 Å². The van der Waals surface area contributed by atoms with Crippen LogP contribution in [-0.4, -0.2) is 27.9 Å². The van der Waals surface area contributed by atoms with Crippen LogP contribution in [0.2, 0.25) is 0 Å². The molecular formula is C13H20N4OS2. The van der Waals surface area contributed by atoms with Gasteiger partial charge in [0.15, 0.2) is 4.34 Å². The third-order valence-corrected chi connectivity index (χ3v) is 5.14. The standard InChI is InChI=1S/C13H20N4OS2/c1-9(19-13-17-16-12(14)20-13)11(18)15-8-7-10-5-3-2-4-6-10/h5,9H,2-4,6-8H2,1H3,(H2,14,16)(H,15,18)/t9-/m1/s1. The van der Waals surface area contributed by atoms with E-state index >= 15 is 0 Å². The van der Waals surface area contributed by atoms with Crippen molar-refractivity contribution in [2.45, 2.75) is 48.6 Å². The number of carbonyl (C=O) groups is 1. The number of nitrogens with zero attached hydrogens (tertiary/aromatic N) is 2. The Bertz CT molecular complexity index is 486. The molecule has 1 aromatic heterocycles. The maximum Gasteiger partial charge on any atom is 0.233 e. The Morgan fingerprint density at radius 3 is 3.05 bits per heavy atom. The van der Waals surface area contributed by atoms with Crippen molar-refractivity contribution in [2.75, 3.05) is 12.3 Å². The van der Waals surface area contributed by atoms with Crippen LogP contribution < -0.4 is 11.1 Å². The number of hydrogen-bond donors (Lipinski definition) is 2. The summed E-state index contributed by atoms with van der Waals surface area (Å²) >= 11 is 2.71. The van der Waals surface area contributed by atoms with Crippen LogP contribution in [-0.2, 0) is 4.79 Å². The Balaban J connectivity index is 1.69. The molecule has 0 aliphatic heterocycles. The van der Waals surface area contributed by atoms with Gasteiger partial charge in [-0.1, -0.05) is 34.7 Å². The first-order chi connectivity index (χ1) is 9.65. The van der Waals surface area contributed by atoms with Gasteiger partial charge in [0.05, 0.1) is 5.25 Å². The zero-order valence-corrected chi connectivity index (χ0v) is 13.2. The summed E-state index contributed by atoms with van der Waals surface area (Å²) in [6.07, 6.45) is 8.24. The molecular weight excluding hydrogens is 292 g/mol. The highest BCUT2D eigenvalue weighted by atomic mass is 32.2. The number of hydrogen-bond acceptors (Lipinski definition) is 6. The van der Waals surface area contributed by atoms with Crippen molar-refractivity contribution >= 4 is 34.1 Å². The molecule has 0 fully saturated rings. The highest BCUT2D eigenvalue weighted by molar-refractivity contribution is 8.02. The fourth-order valence-electron chi connectivity index (χ4n) is 2.09. The van der Waals surface area contributed by atoms with E-state index in [1.807, 2.05) is 6.92 Å². The van der Waals surface area contributed by atoms with Crippen LogP contribution in [0.4, 0.5) is 5.13 Å². The van der Waals surface area contributed by atoms with Crippen molar-refractivity contribution < 1.29 is 4.79 Å². The van der Waals surface area contributed by atoms with Gasteiger partial charge in [-0.25, -0.2) is 0 Å². The molecule has 3 N–H and O–H groups in total. The summed E-state index contributed by atoms with van der Waals surface area (Å²) in [4.78, 5) is 12.0. The average molecular weight is 312 g/mol. The molecule has 1 amide bonds. The van der Waals surface area contributed by atoms with E-state index in [2.05, 4.69) is 21.6 Å². The third-order valence-electron chi connectivity index (χ3n) is 3.20. The molecule has 1 atom stereocenters. The van der Waals surface area contributed by atoms with Crippen LogP contribution in [0.25, 0.3) is 0 Å². The number of nitrogens with two attached hydrogens (primary N) is 1. The Hall–Kier alpha value is -1.08. The minimum Gasteiger partial charge on any atom is -0.374 e. The highest BCUT2D eigenvalue weighted by Crippen LogP contribution is 2.27. The molecule has 110 valence electrons. The Labute approximate surface area is 127 Å². The van der Waals surface area contributed by atoms with Crippen molar-refractivity contribution in [1.82, 2.24) is 15.5 Å². The molecule has 5 nitrogen and oxygen atoms in total. The monoisotopic (exact) mass is 312 g/mol. The van der Waals surface area contributed by atoms with Crippen molar-refractivity contribution in [1.29, 1.82) is 0 Å². The predicted molar refractivity (Wildman–Crippen MR) is 83.8 cm³/mol. The van der Waals surface area contributed by atoms with Crippen LogP contribution in [0.1, 0.15) is 39.0 Å². The largest absolute Gasteiger partial charge is 0.374 e. The molecule has 7 heteroatoms. The summed E-state index contributed by atoms with van der Waals surface area (Å²) in [5.74, 6) is 0.0418. The van der Waals surface area contributed by atoms with E-state index in [1.165, 1.54) is 54.4 Å². The first-order valence-electron chi connectivity index (χ1n) is 6.86.